The topological polar surface area (TPSA) is 67.5 Å². The van der Waals surface area contributed by atoms with E-state index in [1.807, 2.05) is 44.2 Å². The monoisotopic (exact) mass is 334 g/mol. The molecule has 0 atom stereocenters. The first-order chi connectivity index (χ1) is 12.0. The Kier molecular flexibility index (Phi) is 4.52. The first kappa shape index (κ1) is 16.7. The number of aryl methyl sites for hydroxylation is 1. The number of carbonyl (C=O) groups is 1. The highest BCUT2D eigenvalue weighted by Gasteiger charge is 2.13. The van der Waals surface area contributed by atoms with Crippen molar-refractivity contribution in [2.45, 2.75) is 20.3 Å². The molecule has 0 bridgehead atoms. The van der Waals surface area contributed by atoms with Crippen molar-refractivity contribution in [1.82, 2.24) is 0 Å². The zero-order valence-electron chi connectivity index (χ0n) is 14.1. The maximum absolute atomic E-state index is 12.7. The van der Waals surface area contributed by atoms with Crippen LogP contribution in [0, 0.1) is 6.92 Å². The molecule has 0 radical (unpaired) electrons. The molecule has 0 amide bonds. The van der Waals surface area contributed by atoms with Gasteiger partial charge in [-0.25, -0.2) is 4.79 Å². The summed E-state index contributed by atoms with van der Waals surface area (Å²) in [6.45, 7) is 3.90. The van der Waals surface area contributed by atoms with Gasteiger partial charge in [0.25, 0.3) is 0 Å². The van der Waals surface area contributed by atoms with Crippen LogP contribution in [-0.2, 0) is 6.42 Å². The number of rotatable bonds is 4. The van der Waals surface area contributed by atoms with Crippen LogP contribution in [0.3, 0.4) is 0 Å². The van der Waals surface area contributed by atoms with Crippen LogP contribution >= 0.6 is 0 Å². The van der Waals surface area contributed by atoms with E-state index >= 15 is 0 Å². The molecule has 0 aliphatic rings. The molecule has 0 aliphatic heterocycles. The lowest BCUT2D eigenvalue weighted by Crippen LogP contribution is -2.11. The minimum Gasteiger partial charge on any atom is -0.478 e. The van der Waals surface area contributed by atoms with Crippen molar-refractivity contribution >= 4 is 29.1 Å². The van der Waals surface area contributed by atoms with Crippen LogP contribution in [0.4, 0.5) is 0 Å². The zero-order chi connectivity index (χ0) is 18.0. The van der Waals surface area contributed by atoms with Crippen LogP contribution in [0.5, 0.6) is 0 Å². The van der Waals surface area contributed by atoms with Crippen molar-refractivity contribution in [2.75, 3.05) is 0 Å². The van der Waals surface area contributed by atoms with Crippen LogP contribution in [-0.4, -0.2) is 11.1 Å². The van der Waals surface area contributed by atoms with Gasteiger partial charge in [-0.05, 0) is 48.7 Å². The second-order valence-electron chi connectivity index (χ2n) is 5.83. The van der Waals surface area contributed by atoms with Gasteiger partial charge in [0, 0.05) is 5.56 Å². The summed E-state index contributed by atoms with van der Waals surface area (Å²) in [4.78, 5) is 23.9. The maximum Gasteiger partial charge on any atom is 0.335 e. The average molecular weight is 334 g/mol. The highest BCUT2D eigenvalue weighted by Crippen LogP contribution is 2.20. The molecule has 0 saturated carbocycles. The lowest BCUT2D eigenvalue weighted by Gasteiger charge is -2.06. The molecule has 0 spiro atoms. The van der Waals surface area contributed by atoms with Gasteiger partial charge in [0.2, 0.25) is 0 Å². The second-order valence-corrected chi connectivity index (χ2v) is 5.83. The molecule has 1 aromatic heterocycles. The lowest BCUT2D eigenvalue weighted by molar-refractivity contribution is 0.0697. The van der Waals surface area contributed by atoms with Crippen molar-refractivity contribution < 1.29 is 14.3 Å². The van der Waals surface area contributed by atoms with Gasteiger partial charge in [-0.3, -0.25) is 4.79 Å². The molecule has 0 fully saturated rings. The van der Waals surface area contributed by atoms with E-state index in [9.17, 15) is 9.59 Å². The van der Waals surface area contributed by atoms with Gasteiger partial charge in [0.05, 0.1) is 10.9 Å². The van der Waals surface area contributed by atoms with E-state index in [2.05, 4.69) is 0 Å². The van der Waals surface area contributed by atoms with Crippen molar-refractivity contribution in [3.63, 3.8) is 0 Å². The van der Waals surface area contributed by atoms with Gasteiger partial charge in [-0.2, -0.15) is 0 Å². The Morgan fingerprint density at radius 2 is 1.92 bits per heavy atom. The molecule has 3 aromatic rings. The highest BCUT2D eigenvalue weighted by molar-refractivity contribution is 5.93. The molecule has 1 heterocycles. The average Bonchev–Trinajstić information content (AvgIpc) is 2.61. The Morgan fingerprint density at radius 3 is 2.60 bits per heavy atom. The van der Waals surface area contributed by atoms with Crippen molar-refractivity contribution in [3.8, 4) is 0 Å². The molecule has 1 N–H and O–H groups in total. The molecule has 126 valence electrons. The summed E-state index contributed by atoms with van der Waals surface area (Å²) in [6, 6.07) is 12.3. The number of fused-ring (bicyclic) bond motifs is 1. The van der Waals surface area contributed by atoms with Gasteiger partial charge in [-0.1, -0.05) is 37.3 Å². The van der Waals surface area contributed by atoms with E-state index < -0.39 is 5.97 Å². The molecular weight excluding hydrogens is 316 g/mol. The van der Waals surface area contributed by atoms with E-state index in [1.54, 1.807) is 6.08 Å². The predicted molar refractivity (Wildman–Crippen MR) is 98.9 cm³/mol. The Hall–Kier alpha value is -3.14. The third kappa shape index (κ3) is 3.24. The molecule has 4 nitrogen and oxygen atoms in total. The number of carboxylic acids is 1. The van der Waals surface area contributed by atoms with Gasteiger partial charge in [-0.15, -0.1) is 0 Å². The summed E-state index contributed by atoms with van der Waals surface area (Å²) in [5.74, 6) is -0.561. The number of carboxylic acid groups (broad SMARTS) is 1. The lowest BCUT2D eigenvalue weighted by atomic mass is 10.0. The summed E-state index contributed by atoms with van der Waals surface area (Å²) in [5.41, 5.74) is 3.00. The molecule has 25 heavy (non-hydrogen) atoms. The summed E-state index contributed by atoms with van der Waals surface area (Å²) >= 11 is 0. The Balaban J connectivity index is 2.16. The molecule has 0 unspecified atom stereocenters. The zero-order valence-corrected chi connectivity index (χ0v) is 14.1. The predicted octanol–water partition coefficient (Wildman–Crippen LogP) is 4.53. The van der Waals surface area contributed by atoms with Gasteiger partial charge in [0.1, 0.15) is 11.3 Å². The third-order valence-electron chi connectivity index (χ3n) is 4.22. The standard InChI is InChI=1S/C21H18O4/c1-3-16-18(10-8-14-7-5-4-6-13(14)2)25-19-11-9-15(21(23)24)12-17(19)20(16)22/h4-12H,3H2,1-2H3,(H,23,24)/b10-8+. The van der Waals surface area contributed by atoms with Crippen LogP contribution in [0.1, 0.15) is 39.7 Å². The van der Waals surface area contributed by atoms with Gasteiger partial charge in [0.15, 0.2) is 5.43 Å². The second kappa shape index (κ2) is 6.77. The molecule has 0 saturated heterocycles. The number of benzene rings is 2. The van der Waals surface area contributed by atoms with Crippen molar-refractivity contribution in [1.29, 1.82) is 0 Å². The molecule has 3 rings (SSSR count). The minimum absolute atomic E-state index is 0.0741. The first-order valence-electron chi connectivity index (χ1n) is 8.08. The number of hydrogen-bond acceptors (Lipinski definition) is 3. The molecule has 4 heteroatoms. The van der Waals surface area contributed by atoms with E-state index in [0.29, 0.717) is 28.7 Å². The summed E-state index contributed by atoms with van der Waals surface area (Å²) in [7, 11) is 0. The Bertz CT molecular complexity index is 1040. The normalized spacial score (nSPS) is 11.3. The maximum atomic E-state index is 12.7. The SMILES string of the molecule is CCc1c(/C=C/c2ccccc2C)oc2ccc(C(=O)O)cc2c1=O. The first-order valence-corrected chi connectivity index (χ1v) is 8.08. The smallest absolute Gasteiger partial charge is 0.335 e. The van der Waals surface area contributed by atoms with E-state index in [4.69, 9.17) is 9.52 Å². The van der Waals surface area contributed by atoms with Crippen molar-refractivity contribution in [3.05, 3.63) is 80.7 Å². The molecule has 0 aliphatic carbocycles. The van der Waals surface area contributed by atoms with Gasteiger partial charge < -0.3 is 9.52 Å². The summed E-state index contributed by atoms with van der Waals surface area (Å²) in [5, 5.41) is 9.40. The fourth-order valence-electron chi connectivity index (χ4n) is 2.79. The summed E-state index contributed by atoms with van der Waals surface area (Å²) in [6.07, 6.45) is 4.22. The largest absolute Gasteiger partial charge is 0.478 e. The quantitative estimate of drug-likeness (QED) is 0.761. The van der Waals surface area contributed by atoms with Crippen LogP contribution < -0.4 is 5.43 Å². The highest BCUT2D eigenvalue weighted by atomic mass is 16.4. The number of hydrogen-bond donors (Lipinski definition) is 1. The molecular formula is C21H18O4. The fourth-order valence-corrected chi connectivity index (χ4v) is 2.79. The van der Waals surface area contributed by atoms with E-state index in [0.717, 1.165) is 11.1 Å². The summed E-state index contributed by atoms with van der Waals surface area (Å²) < 4.78 is 5.88. The van der Waals surface area contributed by atoms with Crippen LogP contribution in [0.2, 0.25) is 0 Å². The fraction of sp³-hybridized carbons (Fsp3) is 0.143. The Morgan fingerprint density at radius 1 is 1.16 bits per heavy atom. The minimum atomic E-state index is -1.07. The van der Waals surface area contributed by atoms with Gasteiger partial charge >= 0.3 is 5.97 Å². The van der Waals surface area contributed by atoms with E-state index in [1.165, 1.54) is 18.2 Å². The third-order valence-corrected chi connectivity index (χ3v) is 4.22. The molecule has 2 aromatic carbocycles. The Labute approximate surface area is 145 Å². The van der Waals surface area contributed by atoms with E-state index in [-0.39, 0.29) is 11.0 Å². The van der Waals surface area contributed by atoms with Crippen molar-refractivity contribution in [2.24, 2.45) is 0 Å². The van der Waals surface area contributed by atoms with Crippen LogP contribution in [0.25, 0.3) is 23.1 Å². The number of aromatic carboxylic acids is 1. The van der Waals surface area contributed by atoms with Crippen LogP contribution in [0.15, 0.2) is 51.7 Å².